The molecule has 0 saturated heterocycles. The number of nitrogens with zero attached hydrogens (tertiary/aromatic N) is 4. The first-order valence-electron chi connectivity index (χ1n) is 7.60. The molecule has 128 valence electrons. The molecule has 1 N–H and O–H groups in total. The van der Waals surface area contributed by atoms with Crippen LogP contribution in [0.25, 0.3) is 0 Å². The topological polar surface area (TPSA) is 45.5 Å². The first-order chi connectivity index (χ1) is 10.7. The van der Waals surface area contributed by atoms with Crippen LogP contribution in [0.3, 0.4) is 0 Å². The molecule has 2 aromatic rings. The minimum atomic E-state index is 0. The minimum absolute atomic E-state index is 0. The van der Waals surface area contributed by atoms with E-state index in [-0.39, 0.29) is 24.0 Å². The van der Waals surface area contributed by atoms with Gasteiger partial charge in [-0.2, -0.15) is 5.10 Å². The van der Waals surface area contributed by atoms with Crippen molar-refractivity contribution in [1.82, 2.24) is 20.0 Å². The van der Waals surface area contributed by atoms with Gasteiger partial charge in [0.1, 0.15) is 0 Å². The van der Waals surface area contributed by atoms with Gasteiger partial charge in [0.15, 0.2) is 5.96 Å². The average Bonchev–Trinajstić information content (AvgIpc) is 3.16. The molecule has 5 nitrogen and oxygen atoms in total. The zero-order chi connectivity index (χ0) is 15.8. The van der Waals surface area contributed by atoms with Gasteiger partial charge in [-0.15, -0.1) is 35.3 Å². The van der Waals surface area contributed by atoms with E-state index in [0.29, 0.717) is 0 Å². The zero-order valence-electron chi connectivity index (χ0n) is 14.0. The van der Waals surface area contributed by atoms with E-state index in [1.165, 1.54) is 10.4 Å². The predicted octanol–water partition coefficient (Wildman–Crippen LogP) is 2.78. The summed E-state index contributed by atoms with van der Waals surface area (Å²) in [6.07, 6.45) is 7.18. The van der Waals surface area contributed by atoms with Crippen molar-refractivity contribution in [3.8, 4) is 0 Å². The van der Waals surface area contributed by atoms with Crippen LogP contribution in [-0.2, 0) is 19.9 Å². The number of nitrogens with one attached hydrogen (secondary N) is 1. The molecule has 0 aliphatic carbocycles. The molecule has 0 fully saturated rings. The highest BCUT2D eigenvalue weighted by molar-refractivity contribution is 14.0. The maximum atomic E-state index is 4.35. The summed E-state index contributed by atoms with van der Waals surface area (Å²) in [5, 5.41) is 9.74. The second-order valence-electron chi connectivity index (χ2n) is 5.35. The summed E-state index contributed by atoms with van der Waals surface area (Å²) in [6, 6.07) is 4.29. The first-order valence-corrected chi connectivity index (χ1v) is 8.48. The van der Waals surface area contributed by atoms with E-state index in [4.69, 9.17) is 0 Å². The maximum absolute atomic E-state index is 4.35. The molecular weight excluding hydrogens is 421 g/mol. The Morgan fingerprint density at radius 3 is 2.87 bits per heavy atom. The molecule has 0 bridgehead atoms. The molecule has 0 spiro atoms. The van der Waals surface area contributed by atoms with Crippen molar-refractivity contribution < 1.29 is 0 Å². The van der Waals surface area contributed by atoms with Gasteiger partial charge >= 0.3 is 0 Å². The molecule has 0 amide bonds. The van der Waals surface area contributed by atoms with Crippen LogP contribution in [0, 0.1) is 0 Å². The molecule has 0 atom stereocenters. The lowest BCUT2D eigenvalue weighted by atomic mass is 10.2. The van der Waals surface area contributed by atoms with Gasteiger partial charge in [-0.3, -0.25) is 9.67 Å². The maximum Gasteiger partial charge on any atom is 0.193 e. The summed E-state index contributed by atoms with van der Waals surface area (Å²) < 4.78 is 1.85. The van der Waals surface area contributed by atoms with Crippen molar-refractivity contribution in [3.63, 3.8) is 0 Å². The van der Waals surface area contributed by atoms with E-state index in [9.17, 15) is 0 Å². The van der Waals surface area contributed by atoms with Crippen molar-refractivity contribution in [2.24, 2.45) is 12.0 Å². The molecule has 0 saturated carbocycles. The molecule has 0 radical (unpaired) electrons. The molecule has 2 heterocycles. The zero-order valence-corrected chi connectivity index (χ0v) is 17.2. The average molecular weight is 447 g/mol. The van der Waals surface area contributed by atoms with Gasteiger partial charge in [0, 0.05) is 45.3 Å². The Balaban J connectivity index is 0.00000264. The highest BCUT2D eigenvalue weighted by Crippen LogP contribution is 2.09. The summed E-state index contributed by atoms with van der Waals surface area (Å²) in [4.78, 5) is 7.95. The quantitative estimate of drug-likeness (QED) is 0.307. The molecule has 0 aromatic carbocycles. The van der Waals surface area contributed by atoms with Crippen molar-refractivity contribution >= 4 is 41.3 Å². The Labute approximate surface area is 159 Å². The molecule has 0 aliphatic heterocycles. The lowest BCUT2D eigenvalue weighted by molar-refractivity contribution is 0.485. The third kappa shape index (κ3) is 6.90. The number of aromatic nitrogens is 2. The first kappa shape index (κ1) is 20.0. The van der Waals surface area contributed by atoms with Crippen LogP contribution in [0.2, 0.25) is 0 Å². The Kier molecular flexibility index (Phi) is 9.23. The number of aliphatic imine (C=N–C) groups is 1. The lowest BCUT2D eigenvalue weighted by Crippen LogP contribution is -2.40. The van der Waals surface area contributed by atoms with Crippen molar-refractivity contribution in [2.75, 3.05) is 27.2 Å². The van der Waals surface area contributed by atoms with Gasteiger partial charge in [0.25, 0.3) is 0 Å². The van der Waals surface area contributed by atoms with Crippen molar-refractivity contribution in [1.29, 1.82) is 0 Å². The fourth-order valence-electron chi connectivity index (χ4n) is 2.32. The van der Waals surface area contributed by atoms with Gasteiger partial charge in [-0.1, -0.05) is 6.07 Å². The second kappa shape index (κ2) is 10.6. The number of hydrogen-bond acceptors (Lipinski definition) is 3. The van der Waals surface area contributed by atoms with Crippen LogP contribution in [0.15, 0.2) is 34.9 Å². The highest BCUT2D eigenvalue weighted by Gasteiger charge is 2.06. The highest BCUT2D eigenvalue weighted by atomic mass is 127. The largest absolute Gasteiger partial charge is 0.356 e. The Morgan fingerprint density at radius 1 is 1.43 bits per heavy atom. The molecule has 0 aliphatic rings. The van der Waals surface area contributed by atoms with E-state index in [1.807, 2.05) is 36.3 Å². The van der Waals surface area contributed by atoms with E-state index in [2.05, 4.69) is 51.1 Å². The van der Waals surface area contributed by atoms with Gasteiger partial charge in [0.2, 0.25) is 0 Å². The summed E-state index contributed by atoms with van der Waals surface area (Å²) >= 11 is 1.81. The van der Waals surface area contributed by atoms with Crippen LogP contribution >= 0.6 is 35.3 Å². The molecule has 2 aromatic heterocycles. The predicted molar refractivity (Wildman–Crippen MR) is 109 cm³/mol. The molecule has 0 unspecified atom stereocenters. The molecule has 7 heteroatoms. The summed E-state index contributed by atoms with van der Waals surface area (Å²) in [7, 11) is 5.88. The van der Waals surface area contributed by atoms with Crippen LogP contribution in [0.5, 0.6) is 0 Å². The van der Waals surface area contributed by atoms with Gasteiger partial charge in [-0.25, -0.2) is 0 Å². The smallest absolute Gasteiger partial charge is 0.193 e. The van der Waals surface area contributed by atoms with Crippen LogP contribution < -0.4 is 5.32 Å². The molecule has 2 rings (SSSR count). The lowest BCUT2D eigenvalue weighted by Gasteiger charge is -2.21. The molecular formula is C16H26IN5S. The number of guanidine groups is 1. The van der Waals surface area contributed by atoms with Crippen molar-refractivity contribution in [2.45, 2.75) is 19.3 Å². The van der Waals surface area contributed by atoms with Crippen LogP contribution in [0.4, 0.5) is 0 Å². The summed E-state index contributed by atoms with van der Waals surface area (Å²) in [6.45, 7) is 1.90. The SMILES string of the molecule is CN=C(NCCCc1cnn(C)c1)N(C)CCc1cccs1.I. The standard InChI is InChI=1S/C16H25N5S.HI/c1-17-16(20(2)10-8-15-7-5-11-22-15)18-9-4-6-14-12-19-21(3)13-14;/h5,7,11-13H,4,6,8-10H2,1-3H3,(H,17,18);1H. The number of rotatable bonds is 7. The number of halogens is 1. The van der Waals surface area contributed by atoms with Crippen molar-refractivity contribution in [3.05, 3.63) is 40.3 Å². The van der Waals surface area contributed by atoms with Gasteiger partial charge < -0.3 is 10.2 Å². The number of aryl methyl sites for hydroxylation is 2. The number of thiophene rings is 1. The fraction of sp³-hybridized carbons (Fsp3) is 0.500. The third-order valence-corrected chi connectivity index (χ3v) is 4.47. The monoisotopic (exact) mass is 447 g/mol. The summed E-state index contributed by atoms with van der Waals surface area (Å²) in [5.74, 6) is 0.961. The Morgan fingerprint density at radius 2 is 2.26 bits per heavy atom. The minimum Gasteiger partial charge on any atom is -0.356 e. The second-order valence-corrected chi connectivity index (χ2v) is 6.38. The molecule has 23 heavy (non-hydrogen) atoms. The Hall–Kier alpha value is -1.09. The summed E-state index contributed by atoms with van der Waals surface area (Å²) in [5.41, 5.74) is 1.28. The van der Waals surface area contributed by atoms with Gasteiger partial charge in [-0.05, 0) is 36.3 Å². The number of hydrogen-bond donors (Lipinski definition) is 1. The fourth-order valence-corrected chi connectivity index (χ4v) is 3.02. The van der Waals surface area contributed by atoms with E-state index < -0.39 is 0 Å². The third-order valence-electron chi connectivity index (χ3n) is 3.53. The van der Waals surface area contributed by atoms with E-state index in [1.54, 1.807) is 0 Å². The van der Waals surface area contributed by atoms with E-state index in [0.717, 1.165) is 38.3 Å². The normalized spacial score (nSPS) is 11.2. The Bertz CT molecular complexity index is 579. The number of likely N-dealkylation sites (N-methyl/N-ethyl adjacent to an activating group) is 1. The van der Waals surface area contributed by atoms with Gasteiger partial charge in [0.05, 0.1) is 6.20 Å². The van der Waals surface area contributed by atoms with Crippen LogP contribution in [0.1, 0.15) is 16.9 Å². The van der Waals surface area contributed by atoms with E-state index >= 15 is 0 Å². The van der Waals surface area contributed by atoms with Crippen LogP contribution in [-0.4, -0.2) is 47.8 Å².